The third-order valence-electron chi connectivity index (χ3n) is 6.50. The van der Waals surface area contributed by atoms with Gasteiger partial charge in [0.15, 0.2) is 5.13 Å². The van der Waals surface area contributed by atoms with Gasteiger partial charge in [0, 0.05) is 33.3 Å². The van der Waals surface area contributed by atoms with Crippen LogP contribution >= 0.6 is 23.1 Å². The molecule has 182 valence electrons. The largest absolute Gasteiger partial charge is 0.375 e. The average Bonchev–Trinajstić information content (AvgIpc) is 3.22. The SMILES string of the molecule is CC(CN1c2ccccc2Sc2ccccc21)N(C)C.CCCN[C@H]1CCc2nc(N)sc2C1. The molecule has 5 nitrogen and oxygen atoms in total. The van der Waals surface area contributed by atoms with Gasteiger partial charge in [-0.3, -0.25) is 0 Å². The number of benzene rings is 2. The summed E-state index contributed by atoms with van der Waals surface area (Å²) in [4.78, 5) is 13.1. The molecule has 1 unspecified atom stereocenters. The van der Waals surface area contributed by atoms with Crippen molar-refractivity contribution in [2.24, 2.45) is 0 Å². The van der Waals surface area contributed by atoms with Crippen LogP contribution in [0.3, 0.4) is 0 Å². The molecule has 2 heterocycles. The van der Waals surface area contributed by atoms with E-state index in [1.807, 2.05) is 11.8 Å². The molecule has 5 rings (SSSR count). The van der Waals surface area contributed by atoms with Gasteiger partial charge in [0.2, 0.25) is 0 Å². The Kier molecular flexibility index (Phi) is 8.53. The summed E-state index contributed by atoms with van der Waals surface area (Å²) >= 11 is 3.52. The smallest absolute Gasteiger partial charge is 0.180 e. The van der Waals surface area contributed by atoms with Gasteiger partial charge in [-0.05, 0) is 77.5 Å². The van der Waals surface area contributed by atoms with Gasteiger partial charge < -0.3 is 20.9 Å². The summed E-state index contributed by atoms with van der Waals surface area (Å²) in [6, 6.07) is 18.5. The summed E-state index contributed by atoms with van der Waals surface area (Å²) in [6.07, 6.45) is 4.61. The molecule has 0 amide bonds. The maximum atomic E-state index is 5.69. The van der Waals surface area contributed by atoms with Gasteiger partial charge >= 0.3 is 0 Å². The van der Waals surface area contributed by atoms with Crippen molar-refractivity contribution >= 4 is 39.6 Å². The fourth-order valence-electron chi connectivity index (χ4n) is 4.32. The number of nitrogens with two attached hydrogens (primary N) is 1. The third-order valence-corrected chi connectivity index (χ3v) is 8.58. The van der Waals surface area contributed by atoms with Crippen LogP contribution in [-0.2, 0) is 12.8 Å². The van der Waals surface area contributed by atoms with Gasteiger partial charge in [-0.15, -0.1) is 11.3 Å². The zero-order valence-electron chi connectivity index (χ0n) is 20.8. The Morgan fingerprint density at radius 1 is 1.12 bits per heavy atom. The van der Waals surface area contributed by atoms with Crippen molar-refractivity contribution in [3.63, 3.8) is 0 Å². The van der Waals surface area contributed by atoms with Crippen LogP contribution in [-0.4, -0.2) is 49.2 Å². The van der Waals surface area contributed by atoms with Crippen LogP contribution in [0.5, 0.6) is 0 Å². The van der Waals surface area contributed by atoms with Gasteiger partial charge in [0.1, 0.15) is 0 Å². The van der Waals surface area contributed by atoms with Gasteiger partial charge in [-0.25, -0.2) is 4.98 Å². The van der Waals surface area contributed by atoms with Crippen LogP contribution in [0.25, 0.3) is 0 Å². The molecule has 0 saturated heterocycles. The first-order valence-corrected chi connectivity index (χ1v) is 13.9. The number of anilines is 3. The number of likely N-dealkylation sites (N-methyl/N-ethyl adjacent to an activating group) is 1. The van der Waals surface area contributed by atoms with Gasteiger partial charge in [-0.1, -0.05) is 43.0 Å². The first-order chi connectivity index (χ1) is 16.5. The molecule has 7 heteroatoms. The van der Waals surface area contributed by atoms with Crippen molar-refractivity contribution in [3.8, 4) is 0 Å². The lowest BCUT2D eigenvalue weighted by atomic mass is 9.98. The molecule has 3 N–H and O–H groups in total. The molecule has 34 heavy (non-hydrogen) atoms. The van der Waals surface area contributed by atoms with E-state index in [4.69, 9.17) is 5.73 Å². The summed E-state index contributed by atoms with van der Waals surface area (Å²) in [7, 11) is 4.28. The minimum atomic E-state index is 0.499. The molecule has 1 aliphatic heterocycles. The number of nitrogens with one attached hydrogen (secondary N) is 1. The Labute approximate surface area is 212 Å². The van der Waals surface area contributed by atoms with Crippen molar-refractivity contribution in [1.29, 1.82) is 0 Å². The zero-order valence-corrected chi connectivity index (χ0v) is 22.4. The van der Waals surface area contributed by atoms with E-state index in [0.29, 0.717) is 12.1 Å². The number of hydrogen-bond donors (Lipinski definition) is 2. The second kappa shape index (κ2) is 11.6. The van der Waals surface area contributed by atoms with Crippen LogP contribution < -0.4 is 16.0 Å². The number of hydrogen-bond acceptors (Lipinski definition) is 7. The lowest BCUT2D eigenvalue weighted by Crippen LogP contribution is -2.37. The first kappa shape index (κ1) is 25.0. The summed E-state index contributed by atoms with van der Waals surface area (Å²) in [6.45, 7) is 6.59. The van der Waals surface area contributed by atoms with Crippen LogP contribution in [0.15, 0.2) is 58.3 Å². The molecular weight excluding hydrogens is 458 g/mol. The number of fused-ring (bicyclic) bond motifs is 3. The van der Waals surface area contributed by atoms with E-state index in [-0.39, 0.29) is 0 Å². The molecule has 2 aromatic carbocycles. The summed E-state index contributed by atoms with van der Waals surface area (Å²) < 4.78 is 0. The highest BCUT2D eigenvalue weighted by molar-refractivity contribution is 7.99. The van der Waals surface area contributed by atoms with Crippen LogP contribution in [0.4, 0.5) is 16.5 Å². The lowest BCUT2D eigenvalue weighted by Gasteiger charge is -2.36. The number of rotatable bonds is 6. The van der Waals surface area contributed by atoms with E-state index in [0.717, 1.165) is 31.1 Å². The van der Waals surface area contributed by atoms with Gasteiger partial charge in [0.25, 0.3) is 0 Å². The van der Waals surface area contributed by atoms with Crippen molar-refractivity contribution in [1.82, 2.24) is 15.2 Å². The number of nitrogens with zero attached hydrogens (tertiary/aromatic N) is 3. The summed E-state index contributed by atoms with van der Waals surface area (Å²) in [5.74, 6) is 0. The van der Waals surface area contributed by atoms with Crippen molar-refractivity contribution in [3.05, 3.63) is 59.1 Å². The van der Waals surface area contributed by atoms with Crippen molar-refractivity contribution in [2.75, 3.05) is 37.8 Å². The highest BCUT2D eigenvalue weighted by atomic mass is 32.2. The molecule has 2 atom stereocenters. The van der Waals surface area contributed by atoms with E-state index in [1.54, 1.807) is 11.3 Å². The molecule has 1 aromatic heterocycles. The lowest BCUT2D eigenvalue weighted by molar-refractivity contribution is 0.319. The highest BCUT2D eigenvalue weighted by Crippen LogP contribution is 2.47. The fourth-order valence-corrected chi connectivity index (χ4v) is 6.38. The van der Waals surface area contributed by atoms with E-state index >= 15 is 0 Å². The van der Waals surface area contributed by atoms with Crippen LogP contribution in [0.2, 0.25) is 0 Å². The first-order valence-electron chi connectivity index (χ1n) is 12.2. The predicted octanol–water partition coefficient (Wildman–Crippen LogP) is 5.82. The maximum Gasteiger partial charge on any atom is 0.180 e. The van der Waals surface area contributed by atoms with Gasteiger partial charge in [-0.2, -0.15) is 0 Å². The van der Waals surface area contributed by atoms with Gasteiger partial charge in [0.05, 0.1) is 17.1 Å². The number of para-hydroxylation sites is 2. The maximum absolute atomic E-state index is 5.69. The summed E-state index contributed by atoms with van der Waals surface area (Å²) in [5.41, 5.74) is 9.58. The van der Waals surface area contributed by atoms with Crippen LogP contribution in [0, 0.1) is 0 Å². The molecule has 3 aromatic rings. The molecule has 0 radical (unpaired) electrons. The zero-order chi connectivity index (χ0) is 24.1. The van der Waals surface area contributed by atoms with E-state index in [9.17, 15) is 0 Å². The number of nitrogen functional groups attached to an aromatic ring is 1. The van der Waals surface area contributed by atoms with Crippen molar-refractivity contribution < 1.29 is 0 Å². The molecule has 0 spiro atoms. The molecule has 0 bridgehead atoms. The molecule has 0 saturated carbocycles. The normalized spacial score (nSPS) is 17.3. The van der Waals surface area contributed by atoms with E-state index < -0.39 is 0 Å². The molecule has 1 aliphatic carbocycles. The average molecular weight is 496 g/mol. The standard InChI is InChI=1S/C17H20N2S.C10H17N3S/c1-13(18(2)3)12-19-14-8-4-6-10-16(14)20-17-11-7-5-9-15(17)19;1-2-5-12-7-3-4-8-9(6-7)14-10(11)13-8/h4-11,13H,12H2,1-3H3;7,12H,2-6H2,1H3,(H2,11,13)/t;7-/m.0/s1. The van der Waals surface area contributed by atoms with Crippen molar-refractivity contribution in [2.45, 2.75) is 61.4 Å². The number of aryl methyl sites for hydroxylation is 1. The number of thiazole rings is 1. The Morgan fingerprint density at radius 3 is 2.38 bits per heavy atom. The minimum absolute atomic E-state index is 0.499. The Morgan fingerprint density at radius 2 is 1.76 bits per heavy atom. The second-order valence-electron chi connectivity index (χ2n) is 9.28. The topological polar surface area (TPSA) is 57.4 Å². The Bertz CT molecular complexity index is 1030. The van der Waals surface area contributed by atoms with E-state index in [2.05, 4.69) is 96.6 Å². The minimum Gasteiger partial charge on any atom is -0.375 e. The second-order valence-corrected chi connectivity index (χ2v) is 11.5. The third kappa shape index (κ3) is 5.95. The predicted molar refractivity (Wildman–Crippen MR) is 148 cm³/mol. The molecule has 0 fully saturated rings. The number of aromatic nitrogens is 1. The quantitative estimate of drug-likeness (QED) is 0.449. The Balaban J connectivity index is 0.000000172. The monoisotopic (exact) mass is 495 g/mol. The van der Waals surface area contributed by atoms with E-state index in [1.165, 1.54) is 44.6 Å². The molecular formula is C27H37N5S2. The highest BCUT2D eigenvalue weighted by Gasteiger charge is 2.24. The summed E-state index contributed by atoms with van der Waals surface area (Å²) in [5, 5.41) is 4.29. The molecule has 2 aliphatic rings. The fraction of sp³-hybridized carbons (Fsp3) is 0.444. The Hall–Kier alpha value is -2.06. The van der Waals surface area contributed by atoms with Crippen LogP contribution in [0.1, 0.15) is 37.3 Å².